The number of pyridine rings is 1. The second-order valence-electron chi connectivity index (χ2n) is 4.34. The third-order valence-electron chi connectivity index (χ3n) is 2.57. The van der Waals surface area contributed by atoms with Crippen molar-refractivity contribution < 1.29 is 4.74 Å². The predicted octanol–water partition coefficient (Wildman–Crippen LogP) is 3.58. The first kappa shape index (κ1) is 12.4. The normalized spacial score (nSPS) is 10.4. The molecule has 18 heavy (non-hydrogen) atoms. The molecule has 0 aliphatic rings. The maximum Gasteiger partial charge on any atom is 0.129 e. The first-order chi connectivity index (χ1) is 8.70. The second-order valence-corrected chi connectivity index (χ2v) is 4.34. The SMILES string of the molecule is CNc1ccnc(-c2ccccc2OC(C)C)c1. The molecule has 0 spiro atoms. The van der Waals surface area contributed by atoms with Crippen molar-refractivity contribution in [3.05, 3.63) is 42.6 Å². The Kier molecular flexibility index (Phi) is 3.82. The predicted molar refractivity (Wildman–Crippen MR) is 75.0 cm³/mol. The van der Waals surface area contributed by atoms with Gasteiger partial charge in [-0.25, -0.2) is 0 Å². The fourth-order valence-electron chi connectivity index (χ4n) is 1.77. The first-order valence-electron chi connectivity index (χ1n) is 6.10. The topological polar surface area (TPSA) is 34.2 Å². The zero-order valence-corrected chi connectivity index (χ0v) is 11.0. The molecule has 94 valence electrons. The molecule has 3 nitrogen and oxygen atoms in total. The number of nitrogens with one attached hydrogen (secondary N) is 1. The average molecular weight is 242 g/mol. The number of hydrogen-bond donors (Lipinski definition) is 1. The van der Waals surface area contributed by atoms with Crippen molar-refractivity contribution in [2.45, 2.75) is 20.0 Å². The van der Waals surface area contributed by atoms with Crippen molar-refractivity contribution in [2.75, 3.05) is 12.4 Å². The fraction of sp³-hybridized carbons (Fsp3) is 0.267. The zero-order chi connectivity index (χ0) is 13.0. The summed E-state index contributed by atoms with van der Waals surface area (Å²) < 4.78 is 5.81. The molecular weight excluding hydrogens is 224 g/mol. The first-order valence-corrected chi connectivity index (χ1v) is 6.10. The summed E-state index contributed by atoms with van der Waals surface area (Å²) in [6.07, 6.45) is 1.95. The number of anilines is 1. The van der Waals surface area contributed by atoms with Crippen LogP contribution < -0.4 is 10.1 Å². The molecule has 0 atom stereocenters. The maximum atomic E-state index is 5.81. The van der Waals surface area contributed by atoms with Gasteiger partial charge >= 0.3 is 0 Å². The van der Waals surface area contributed by atoms with Crippen LogP contribution in [0.4, 0.5) is 5.69 Å². The van der Waals surface area contributed by atoms with Crippen LogP contribution in [-0.4, -0.2) is 18.1 Å². The van der Waals surface area contributed by atoms with Crippen molar-refractivity contribution in [1.82, 2.24) is 4.98 Å². The quantitative estimate of drug-likeness (QED) is 0.889. The third kappa shape index (κ3) is 2.80. The van der Waals surface area contributed by atoms with Crippen LogP contribution in [0.3, 0.4) is 0 Å². The number of benzene rings is 1. The molecular formula is C15H18N2O. The van der Waals surface area contributed by atoms with Gasteiger partial charge in [-0.2, -0.15) is 0 Å². The van der Waals surface area contributed by atoms with Crippen molar-refractivity contribution in [2.24, 2.45) is 0 Å². The molecule has 0 unspecified atom stereocenters. The number of hydrogen-bond acceptors (Lipinski definition) is 3. The Bertz CT molecular complexity index is 523. The molecule has 0 aliphatic carbocycles. The standard InChI is InChI=1S/C15H18N2O/c1-11(2)18-15-7-5-4-6-13(15)14-10-12(16-3)8-9-17-14/h4-11H,1-3H3,(H,16,17). The third-order valence-corrected chi connectivity index (χ3v) is 2.57. The average Bonchev–Trinajstić information content (AvgIpc) is 2.39. The lowest BCUT2D eigenvalue weighted by Crippen LogP contribution is -2.06. The highest BCUT2D eigenvalue weighted by Crippen LogP contribution is 2.30. The minimum atomic E-state index is 0.152. The Morgan fingerprint density at radius 1 is 1.17 bits per heavy atom. The van der Waals surface area contributed by atoms with E-state index in [0.717, 1.165) is 22.7 Å². The van der Waals surface area contributed by atoms with Crippen molar-refractivity contribution in [3.63, 3.8) is 0 Å². The minimum absolute atomic E-state index is 0.152. The molecule has 3 heteroatoms. The Balaban J connectivity index is 2.42. The van der Waals surface area contributed by atoms with Crippen LogP contribution >= 0.6 is 0 Å². The second kappa shape index (κ2) is 5.54. The minimum Gasteiger partial charge on any atom is -0.490 e. The van der Waals surface area contributed by atoms with E-state index in [2.05, 4.69) is 10.3 Å². The highest BCUT2D eigenvalue weighted by atomic mass is 16.5. The summed E-state index contributed by atoms with van der Waals surface area (Å²) in [5, 5.41) is 3.12. The zero-order valence-electron chi connectivity index (χ0n) is 11.0. The summed E-state index contributed by atoms with van der Waals surface area (Å²) in [7, 11) is 1.90. The molecule has 0 amide bonds. The van der Waals surface area contributed by atoms with Gasteiger partial charge in [0.05, 0.1) is 11.8 Å². The molecule has 0 aliphatic heterocycles. The molecule has 0 radical (unpaired) electrons. The van der Waals surface area contributed by atoms with E-state index in [4.69, 9.17) is 4.74 Å². The molecule has 2 aromatic rings. The monoisotopic (exact) mass is 242 g/mol. The van der Waals surface area contributed by atoms with Crippen LogP contribution in [0, 0.1) is 0 Å². The van der Waals surface area contributed by atoms with Crippen molar-refractivity contribution in [1.29, 1.82) is 0 Å². The van der Waals surface area contributed by atoms with Gasteiger partial charge in [0.2, 0.25) is 0 Å². The highest BCUT2D eigenvalue weighted by molar-refractivity contribution is 5.69. The van der Waals surface area contributed by atoms with Crippen LogP contribution in [-0.2, 0) is 0 Å². The molecule has 1 aromatic heterocycles. The number of nitrogens with zero attached hydrogens (tertiary/aromatic N) is 1. The van der Waals surface area contributed by atoms with Crippen LogP contribution in [0.5, 0.6) is 5.75 Å². The van der Waals surface area contributed by atoms with Gasteiger partial charge in [0.15, 0.2) is 0 Å². The summed E-state index contributed by atoms with van der Waals surface area (Å²) in [5.41, 5.74) is 2.97. The van der Waals surface area contributed by atoms with Gasteiger partial charge in [0, 0.05) is 24.5 Å². The molecule has 1 heterocycles. The maximum absolute atomic E-state index is 5.81. The van der Waals surface area contributed by atoms with E-state index in [1.54, 1.807) is 6.20 Å². The molecule has 0 bridgehead atoms. The van der Waals surface area contributed by atoms with Gasteiger partial charge in [0.1, 0.15) is 5.75 Å². The summed E-state index contributed by atoms with van der Waals surface area (Å²) in [4.78, 5) is 4.41. The highest BCUT2D eigenvalue weighted by Gasteiger charge is 2.08. The largest absolute Gasteiger partial charge is 0.490 e. The van der Waals surface area contributed by atoms with Crippen molar-refractivity contribution >= 4 is 5.69 Å². The van der Waals surface area contributed by atoms with E-state index in [1.807, 2.05) is 57.3 Å². The van der Waals surface area contributed by atoms with Gasteiger partial charge in [0.25, 0.3) is 0 Å². The van der Waals surface area contributed by atoms with E-state index in [0.29, 0.717) is 0 Å². The molecule has 1 N–H and O–H groups in total. The van der Waals surface area contributed by atoms with E-state index >= 15 is 0 Å². The van der Waals surface area contributed by atoms with Gasteiger partial charge in [-0.15, -0.1) is 0 Å². The van der Waals surface area contributed by atoms with Crippen LogP contribution in [0.1, 0.15) is 13.8 Å². The number of aromatic nitrogens is 1. The molecule has 0 fully saturated rings. The van der Waals surface area contributed by atoms with Crippen LogP contribution in [0.2, 0.25) is 0 Å². The lowest BCUT2D eigenvalue weighted by Gasteiger charge is -2.14. The summed E-state index contributed by atoms with van der Waals surface area (Å²) in [6, 6.07) is 11.9. The Labute approximate surface area is 108 Å². The Hall–Kier alpha value is -2.03. The van der Waals surface area contributed by atoms with Crippen LogP contribution in [0.15, 0.2) is 42.6 Å². The van der Waals surface area contributed by atoms with Gasteiger partial charge in [-0.3, -0.25) is 4.98 Å². The van der Waals surface area contributed by atoms with Gasteiger partial charge in [-0.1, -0.05) is 12.1 Å². The lowest BCUT2D eigenvalue weighted by atomic mass is 10.1. The van der Waals surface area contributed by atoms with Crippen LogP contribution in [0.25, 0.3) is 11.3 Å². The smallest absolute Gasteiger partial charge is 0.129 e. The van der Waals surface area contributed by atoms with E-state index in [-0.39, 0.29) is 6.10 Å². The van der Waals surface area contributed by atoms with E-state index in [9.17, 15) is 0 Å². The molecule has 2 rings (SSSR count). The van der Waals surface area contributed by atoms with E-state index < -0.39 is 0 Å². The number of ether oxygens (including phenoxy) is 1. The molecule has 0 saturated carbocycles. The summed E-state index contributed by atoms with van der Waals surface area (Å²) in [6.45, 7) is 4.04. The Morgan fingerprint density at radius 2 is 1.94 bits per heavy atom. The molecule has 1 aromatic carbocycles. The van der Waals surface area contributed by atoms with Gasteiger partial charge in [-0.05, 0) is 38.1 Å². The number of para-hydroxylation sites is 1. The number of rotatable bonds is 4. The lowest BCUT2D eigenvalue weighted by molar-refractivity contribution is 0.243. The molecule has 0 saturated heterocycles. The Morgan fingerprint density at radius 3 is 2.67 bits per heavy atom. The van der Waals surface area contributed by atoms with Gasteiger partial charge < -0.3 is 10.1 Å². The summed E-state index contributed by atoms with van der Waals surface area (Å²) in [5.74, 6) is 0.869. The van der Waals surface area contributed by atoms with E-state index in [1.165, 1.54) is 0 Å². The van der Waals surface area contributed by atoms with Crippen molar-refractivity contribution in [3.8, 4) is 17.0 Å². The fourth-order valence-corrected chi connectivity index (χ4v) is 1.77. The summed E-state index contributed by atoms with van der Waals surface area (Å²) >= 11 is 0.